The molecule has 1 heterocycles. The first-order valence-electron chi connectivity index (χ1n) is 10.3. The molecule has 6 nitrogen and oxygen atoms in total. The summed E-state index contributed by atoms with van der Waals surface area (Å²) in [6.45, 7) is 0.596. The summed E-state index contributed by atoms with van der Waals surface area (Å²) in [5.74, 6) is 0.388. The van der Waals surface area contributed by atoms with Gasteiger partial charge in [-0.2, -0.15) is 0 Å². The Kier molecular flexibility index (Phi) is 4.85. The largest absolute Gasteiger partial charge is 0.366 e. The number of para-hydroxylation sites is 1. The molecule has 3 N–H and O–H groups in total. The molecule has 6 heteroatoms. The number of nitrogens with zero attached hydrogens (tertiary/aromatic N) is 2. The standard InChI is InChI=1S/C24H24N4O2/c29-24(27-30)17-11-9-16(10-12-17)15-25-23-19-5-1-3-7-21(19)28(18-13-14-18)22-8-4-2-6-20(22)26-23/h1-5,7-12,18,20,30H,6,13-15H2,(H,25,26)(H,27,29). The highest BCUT2D eigenvalue weighted by atomic mass is 16.5. The van der Waals surface area contributed by atoms with E-state index in [4.69, 9.17) is 10.2 Å². The molecule has 1 amide bonds. The van der Waals surface area contributed by atoms with Gasteiger partial charge in [0.1, 0.15) is 5.84 Å². The van der Waals surface area contributed by atoms with Crippen LogP contribution >= 0.6 is 0 Å². The van der Waals surface area contributed by atoms with Crippen LogP contribution in [0.15, 0.2) is 77.4 Å². The lowest BCUT2D eigenvalue weighted by molar-refractivity contribution is 0.0706. The molecule has 1 aliphatic heterocycles. The average Bonchev–Trinajstić information content (AvgIpc) is 3.63. The first-order chi connectivity index (χ1) is 14.7. The molecule has 0 spiro atoms. The summed E-state index contributed by atoms with van der Waals surface area (Å²) in [5.41, 5.74) is 6.73. The van der Waals surface area contributed by atoms with E-state index in [2.05, 4.69) is 52.7 Å². The van der Waals surface area contributed by atoms with Gasteiger partial charge >= 0.3 is 0 Å². The van der Waals surface area contributed by atoms with Crippen molar-refractivity contribution in [1.82, 2.24) is 10.8 Å². The fourth-order valence-corrected chi connectivity index (χ4v) is 4.12. The second-order valence-corrected chi connectivity index (χ2v) is 7.86. The van der Waals surface area contributed by atoms with Crippen molar-refractivity contribution in [3.05, 3.63) is 89.1 Å². The summed E-state index contributed by atoms with van der Waals surface area (Å²) < 4.78 is 0. The van der Waals surface area contributed by atoms with E-state index in [0.717, 1.165) is 23.4 Å². The maximum Gasteiger partial charge on any atom is 0.274 e. The van der Waals surface area contributed by atoms with Gasteiger partial charge in [-0.25, -0.2) is 5.48 Å². The van der Waals surface area contributed by atoms with Crippen LogP contribution in [0.5, 0.6) is 0 Å². The van der Waals surface area contributed by atoms with E-state index in [1.807, 2.05) is 12.1 Å². The zero-order chi connectivity index (χ0) is 20.5. The van der Waals surface area contributed by atoms with Gasteiger partial charge in [0.15, 0.2) is 0 Å². The number of benzene rings is 2. The molecule has 1 saturated carbocycles. The van der Waals surface area contributed by atoms with Crippen LogP contribution in [-0.4, -0.2) is 29.0 Å². The SMILES string of the molecule is O=C(NO)c1ccc(CNC2=NC3CC=CC=C3N(C3CC3)c3ccccc32)cc1. The molecule has 152 valence electrons. The number of aliphatic imine (C=N–C) groups is 1. The number of amidine groups is 1. The van der Waals surface area contributed by atoms with Crippen LogP contribution in [0.2, 0.25) is 0 Å². The Morgan fingerprint density at radius 3 is 2.70 bits per heavy atom. The van der Waals surface area contributed by atoms with Crippen LogP contribution in [0.1, 0.15) is 40.7 Å². The van der Waals surface area contributed by atoms with Crippen molar-refractivity contribution in [3.8, 4) is 0 Å². The van der Waals surface area contributed by atoms with Gasteiger partial charge in [0.25, 0.3) is 5.91 Å². The fraction of sp³-hybridized carbons (Fsp3) is 0.250. The number of anilines is 1. The minimum Gasteiger partial charge on any atom is -0.366 e. The van der Waals surface area contributed by atoms with Crippen molar-refractivity contribution in [1.29, 1.82) is 0 Å². The van der Waals surface area contributed by atoms with Gasteiger partial charge in [-0.05, 0) is 55.2 Å². The van der Waals surface area contributed by atoms with Gasteiger partial charge in [-0.1, -0.05) is 36.4 Å². The smallest absolute Gasteiger partial charge is 0.274 e. The number of carbonyl (C=O) groups excluding carboxylic acids is 1. The van der Waals surface area contributed by atoms with Crippen molar-refractivity contribution in [3.63, 3.8) is 0 Å². The van der Waals surface area contributed by atoms with Crippen LogP contribution in [0.4, 0.5) is 5.69 Å². The molecule has 1 fully saturated rings. The summed E-state index contributed by atoms with van der Waals surface area (Å²) >= 11 is 0. The Bertz CT molecular complexity index is 1050. The molecular formula is C24H24N4O2. The van der Waals surface area contributed by atoms with Crippen molar-refractivity contribution in [2.45, 2.75) is 37.9 Å². The number of rotatable bonds is 4. The van der Waals surface area contributed by atoms with E-state index in [9.17, 15) is 4.79 Å². The number of fused-ring (bicyclic) bond motifs is 2. The predicted octanol–water partition coefficient (Wildman–Crippen LogP) is 3.54. The molecule has 2 aromatic carbocycles. The van der Waals surface area contributed by atoms with Gasteiger partial charge in [0, 0.05) is 29.4 Å². The highest BCUT2D eigenvalue weighted by molar-refractivity contribution is 6.05. The lowest BCUT2D eigenvalue weighted by atomic mass is 10.0. The third-order valence-electron chi connectivity index (χ3n) is 5.78. The van der Waals surface area contributed by atoms with E-state index in [-0.39, 0.29) is 6.04 Å². The maximum atomic E-state index is 11.5. The van der Waals surface area contributed by atoms with E-state index >= 15 is 0 Å². The number of nitrogens with one attached hydrogen (secondary N) is 2. The quantitative estimate of drug-likeness (QED) is 0.542. The topological polar surface area (TPSA) is 77.0 Å². The number of amides is 1. The van der Waals surface area contributed by atoms with E-state index in [1.165, 1.54) is 24.2 Å². The van der Waals surface area contributed by atoms with Crippen molar-refractivity contribution in [2.75, 3.05) is 4.90 Å². The van der Waals surface area contributed by atoms with Gasteiger partial charge in [-0.15, -0.1) is 0 Å². The van der Waals surface area contributed by atoms with Gasteiger partial charge in [-0.3, -0.25) is 15.0 Å². The van der Waals surface area contributed by atoms with Crippen molar-refractivity contribution in [2.24, 2.45) is 4.99 Å². The molecule has 1 atom stereocenters. The molecule has 0 aromatic heterocycles. The van der Waals surface area contributed by atoms with Crippen LogP contribution in [0.3, 0.4) is 0 Å². The third-order valence-corrected chi connectivity index (χ3v) is 5.78. The molecule has 30 heavy (non-hydrogen) atoms. The number of allylic oxidation sites excluding steroid dienone is 2. The predicted molar refractivity (Wildman–Crippen MR) is 117 cm³/mol. The zero-order valence-electron chi connectivity index (χ0n) is 16.6. The maximum absolute atomic E-state index is 11.5. The summed E-state index contributed by atoms with van der Waals surface area (Å²) in [7, 11) is 0. The second-order valence-electron chi connectivity index (χ2n) is 7.86. The molecule has 3 aliphatic rings. The average molecular weight is 400 g/mol. The van der Waals surface area contributed by atoms with Crippen LogP contribution in [0, 0.1) is 0 Å². The Labute approximate surface area is 175 Å². The Morgan fingerprint density at radius 2 is 1.93 bits per heavy atom. The minimum absolute atomic E-state index is 0.112. The van der Waals surface area contributed by atoms with Crippen LogP contribution in [-0.2, 0) is 6.54 Å². The lowest BCUT2D eigenvalue weighted by Crippen LogP contribution is -2.31. The first-order valence-corrected chi connectivity index (χ1v) is 10.3. The minimum atomic E-state index is -0.513. The second kappa shape index (κ2) is 7.80. The molecule has 5 rings (SSSR count). The summed E-state index contributed by atoms with van der Waals surface area (Å²) in [4.78, 5) is 19.1. The lowest BCUT2D eigenvalue weighted by Gasteiger charge is -2.31. The molecule has 1 unspecified atom stereocenters. The van der Waals surface area contributed by atoms with Crippen LogP contribution in [0.25, 0.3) is 0 Å². The first kappa shape index (κ1) is 18.6. The van der Waals surface area contributed by atoms with E-state index in [0.29, 0.717) is 18.2 Å². The molecule has 0 radical (unpaired) electrons. The highest BCUT2D eigenvalue weighted by Gasteiger charge is 2.37. The monoisotopic (exact) mass is 400 g/mol. The normalized spacial score (nSPS) is 19.8. The van der Waals surface area contributed by atoms with Crippen molar-refractivity contribution < 1.29 is 10.0 Å². The Hall–Kier alpha value is -3.38. The molecule has 2 aromatic rings. The van der Waals surface area contributed by atoms with E-state index < -0.39 is 5.91 Å². The summed E-state index contributed by atoms with van der Waals surface area (Å²) in [6, 6.07) is 16.3. The highest BCUT2D eigenvalue weighted by Crippen LogP contribution is 2.41. The number of hydrogen-bond donors (Lipinski definition) is 3. The third kappa shape index (κ3) is 3.50. The summed E-state index contributed by atoms with van der Waals surface area (Å²) in [5, 5.41) is 12.3. The number of carbonyl (C=O) groups is 1. The molecule has 0 saturated heterocycles. The van der Waals surface area contributed by atoms with E-state index in [1.54, 1.807) is 17.6 Å². The van der Waals surface area contributed by atoms with Crippen molar-refractivity contribution >= 4 is 17.4 Å². The molecular weight excluding hydrogens is 376 g/mol. The fourth-order valence-electron chi connectivity index (χ4n) is 4.12. The number of hydrogen-bond acceptors (Lipinski definition) is 5. The molecule has 2 aliphatic carbocycles. The zero-order valence-corrected chi connectivity index (χ0v) is 16.6. The van der Waals surface area contributed by atoms with Gasteiger partial charge < -0.3 is 10.2 Å². The number of hydroxylamine groups is 1. The molecule has 0 bridgehead atoms. The Balaban J connectivity index is 1.44. The van der Waals surface area contributed by atoms with Gasteiger partial charge in [0.05, 0.1) is 11.7 Å². The summed E-state index contributed by atoms with van der Waals surface area (Å²) in [6.07, 6.45) is 9.88. The van der Waals surface area contributed by atoms with Crippen LogP contribution < -0.4 is 15.7 Å². The Morgan fingerprint density at radius 1 is 1.13 bits per heavy atom. The van der Waals surface area contributed by atoms with Gasteiger partial charge in [0.2, 0.25) is 0 Å².